The van der Waals surface area contributed by atoms with Crippen LogP contribution >= 0.6 is 0 Å². The Kier molecular flexibility index (Phi) is 13.4. The highest BCUT2D eigenvalue weighted by Gasteiger charge is 2.47. The molecule has 0 saturated carbocycles. The quantitative estimate of drug-likeness (QED) is 0.129. The first kappa shape index (κ1) is 56.3. The second kappa shape index (κ2) is 21.9. The number of nitrogens with zero attached hydrogens (tertiary/aromatic N) is 2. The Bertz CT molecular complexity index is 5230. The van der Waals surface area contributed by atoms with E-state index >= 15 is 0 Å². The van der Waals surface area contributed by atoms with Crippen molar-refractivity contribution in [3.8, 4) is 55.6 Å². The van der Waals surface area contributed by atoms with Crippen LogP contribution in [0.15, 0.2) is 306 Å². The fraction of sp³-hybridized carbons (Fsp3) is 0.114. The van der Waals surface area contributed by atoms with E-state index in [0.717, 1.165) is 123 Å². The Morgan fingerprint density at radius 3 is 1.14 bits per heavy atom. The van der Waals surface area contributed by atoms with E-state index in [1.54, 1.807) is 0 Å². The normalized spacial score (nSPS) is 13.9. The zero-order chi connectivity index (χ0) is 62.5. The maximum absolute atomic E-state index is 7.81. The molecule has 0 N–H and O–H groups in total. The van der Waals surface area contributed by atoms with Gasteiger partial charge in [0.05, 0.1) is 16.8 Å². The summed E-state index contributed by atoms with van der Waals surface area (Å²) in [4.78, 5) is 4.89. The fourth-order valence-corrected chi connectivity index (χ4v) is 14.3. The van der Waals surface area contributed by atoms with Gasteiger partial charge in [0.2, 0.25) is 0 Å². The molecule has 0 bridgehead atoms. The van der Waals surface area contributed by atoms with E-state index < -0.39 is 5.41 Å². The molecule has 0 aliphatic heterocycles. The summed E-state index contributed by atoms with van der Waals surface area (Å²) in [6, 6.07) is 109. The van der Waals surface area contributed by atoms with Gasteiger partial charge in [-0.15, -0.1) is 0 Å². The van der Waals surface area contributed by atoms with Gasteiger partial charge in [0.25, 0.3) is 0 Å². The lowest BCUT2D eigenvalue weighted by atomic mass is 9.73. The number of hydrogen-bond acceptors (Lipinski definition) is 4. The van der Waals surface area contributed by atoms with E-state index in [0.29, 0.717) is 0 Å². The largest absolute Gasteiger partial charge is 0.455 e. The van der Waals surface area contributed by atoms with Crippen molar-refractivity contribution in [2.75, 3.05) is 9.80 Å². The van der Waals surface area contributed by atoms with Crippen LogP contribution in [0.2, 0.25) is 0 Å². The monoisotopic (exact) mass is 1190 g/mol. The molecule has 4 nitrogen and oxygen atoms in total. The van der Waals surface area contributed by atoms with Crippen LogP contribution in [0.1, 0.15) is 76.3 Å². The molecule has 0 fully saturated rings. The molecule has 1 atom stereocenters. The lowest BCUT2D eigenvalue weighted by molar-refractivity contribution is 0.590. The Morgan fingerprint density at radius 1 is 0.293 bits per heavy atom. The Balaban J connectivity index is 1.01. The summed E-state index contributed by atoms with van der Waals surface area (Å²) in [5.41, 5.74) is 25.9. The summed E-state index contributed by atoms with van der Waals surface area (Å²) >= 11 is 0. The van der Waals surface area contributed by atoms with E-state index in [2.05, 4.69) is 356 Å². The van der Waals surface area contributed by atoms with E-state index in [4.69, 9.17) is 8.83 Å². The molecule has 4 heteroatoms. The summed E-state index contributed by atoms with van der Waals surface area (Å²) in [6.07, 6.45) is 0. The zero-order valence-corrected chi connectivity index (χ0v) is 53.0. The first-order valence-electron chi connectivity index (χ1n) is 32.1. The predicted molar refractivity (Wildman–Crippen MR) is 387 cm³/mol. The van der Waals surface area contributed by atoms with Gasteiger partial charge < -0.3 is 18.6 Å². The molecule has 1 unspecified atom stereocenters. The molecule has 1 aliphatic carbocycles. The van der Waals surface area contributed by atoms with Crippen LogP contribution in [-0.4, -0.2) is 0 Å². The summed E-state index contributed by atoms with van der Waals surface area (Å²) in [6.45, 7) is 16.1. The van der Waals surface area contributed by atoms with Crippen molar-refractivity contribution in [3.63, 3.8) is 0 Å². The maximum atomic E-state index is 7.81. The molecule has 0 saturated heterocycles. The van der Waals surface area contributed by atoms with Gasteiger partial charge in [-0.05, 0) is 169 Å². The number of benzene rings is 13. The van der Waals surface area contributed by atoms with Crippen molar-refractivity contribution in [2.24, 2.45) is 0 Å². The molecule has 92 heavy (non-hydrogen) atoms. The predicted octanol–water partition coefficient (Wildman–Crippen LogP) is 25.0. The van der Waals surface area contributed by atoms with Crippen molar-refractivity contribution < 1.29 is 8.83 Å². The standard InChI is InChI=1S/C88H70N2O2/c1-86(2,3)65-41-49-70(50-42-65)89(68-45-36-61(37-46-68)58-24-14-9-15-25-58)76-55-75-83(85-80(76)73-53-40-64(54-79(73)92-85)63-34-32-60(33-35-63)57-22-12-8-13-23-57)82-74(88(75,7)67-28-18-11-19-29-67)56-77(84-81(82)72-30-20-21-31-78(72)91-84)90(71-51-43-66(44-52-71)87(4,5)6)69-47-38-62(39-48-69)59-26-16-10-17-27-59/h8-56H,1-7H3. The first-order chi connectivity index (χ1) is 44.8. The number of anilines is 6. The molecule has 16 rings (SSSR count). The maximum Gasteiger partial charge on any atom is 0.160 e. The number of fused-ring (bicyclic) bond motifs is 11. The van der Waals surface area contributed by atoms with Gasteiger partial charge in [0.1, 0.15) is 16.7 Å². The highest BCUT2D eigenvalue weighted by Crippen LogP contribution is 2.63. The summed E-state index contributed by atoms with van der Waals surface area (Å²) in [5.74, 6) is 0. The average Bonchev–Trinajstić information content (AvgIpc) is 1.51. The third-order valence-electron chi connectivity index (χ3n) is 19.3. The van der Waals surface area contributed by atoms with Crippen LogP contribution in [0, 0.1) is 0 Å². The minimum Gasteiger partial charge on any atom is -0.455 e. The van der Waals surface area contributed by atoms with E-state index in [-0.39, 0.29) is 10.8 Å². The molecule has 15 aromatic rings. The molecular formula is C88H70N2O2. The Hall–Kier alpha value is -10.9. The molecular weight excluding hydrogens is 1120 g/mol. The van der Waals surface area contributed by atoms with Crippen molar-refractivity contribution >= 4 is 78.0 Å². The summed E-state index contributed by atoms with van der Waals surface area (Å²) < 4.78 is 15.2. The molecule has 2 heterocycles. The lowest BCUT2D eigenvalue weighted by Gasteiger charge is -2.32. The Morgan fingerprint density at radius 2 is 0.652 bits per heavy atom. The SMILES string of the molecule is CC(C)(C)c1ccc(N(c2ccc(-c3ccccc3)cc2)c2cc3c(c4c2oc2ccccc24)-c2c(cc(N(c4ccc(-c5ccccc5)cc4)c4ccc(C(C)(C)C)cc4)c4c2oc2cc(-c5ccc(-c6ccccc6)cc5)ccc24)C3(C)c2ccccc2)cc1. The van der Waals surface area contributed by atoms with E-state index in [1.165, 1.54) is 38.9 Å². The molecule has 2 aromatic heterocycles. The number of rotatable bonds is 11. The second-order valence-electron chi connectivity index (χ2n) is 27.0. The van der Waals surface area contributed by atoms with Crippen LogP contribution in [-0.2, 0) is 16.2 Å². The smallest absolute Gasteiger partial charge is 0.160 e. The van der Waals surface area contributed by atoms with Gasteiger partial charge in [-0.3, -0.25) is 0 Å². The minimum atomic E-state index is -0.751. The third kappa shape index (κ3) is 9.51. The molecule has 13 aromatic carbocycles. The zero-order valence-electron chi connectivity index (χ0n) is 53.0. The van der Waals surface area contributed by atoms with Crippen LogP contribution in [0.4, 0.5) is 34.1 Å². The van der Waals surface area contributed by atoms with Crippen LogP contribution in [0.25, 0.3) is 99.5 Å². The third-order valence-corrected chi connectivity index (χ3v) is 19.3. The van der Waals surface area contributed by atoms with Gasteiger partial charge in [-0.2, -0.15) is 0 Å². The summed E-state index contributed by atoms with van der Waals surface area (Å²) in [7, 11) is 0. The summed E-state index contributed by atoms with van der Waals surface area (Å²) in [5, 5.41) is 4.15. The van der Waals surface area contributed by atoms with Crippen molar-refractivity contribution in [3.05, 3.63) is 325 Å². The van der Waals surface area contributed by atoms with E-state index in [9.17, 15) is 0 Å². The first-order valence-corrected chi connectivity index (χ1v) is 32.1. The van der Waals surface area contributed by atoms with Gasteiger partial charge >= 0.3 is 0 Å². The van der Waals surface area contributed by atoms with Crippen molar-refractivity contribution in [1.29, 1.82) is 0 Å². The van der Waals surface area contributed by atoms with Gasteiger partial charge in [-0.1, -0.05) is 260 Å². The molecule has 444 valence electrons. The van der Waals surface area contributed by atoms with E-state index in [1.807, 2.05) is 0 Å². The fourth-order valence-electron chi connectivity index (χ4n) is 14.3. The number of furan rings is 2. The lowest BCUT2D eigenvalue weighted by Crippen LogP contribution is -2.23. The van der Waals surface area contributed by atoms with Gasteiger partial charge in [0.15, 0.2) is 5.58 Å². The van der Waals surface area contributed by atoms with Gasteiger partial charge in [-0.25, -0.2) is 0 Å². The van der Waals surface area contributed by atoms with Crippen LogP contribution in [0.5, 0.6) is 0 Å². The average molecular weight is 1190 g/mol. The van der Waals surface area contributed by atoms with Crippen molar-refractivity contribution in [2.45, 2.75) is 64.7 Å². The molecule has 0 spiro atoms. The highest BCUT2D eigenvalue weighted by molar-refractivity contribution is 6.26. The van der Waals surface area contributed by atoms with Crippen LogP contribution in [0.3, 0.4) is 0 Å². The molecule has 0 radical (unpaired) electrons. The Labute approximate surface area is 538 Å². The second-order valence-corrected chi connectivity index (χ2v) is 27.0. The van der Waals surface area contributed by atoms with Crippen LogP contribution < -0.4 is 9.80 Å². The topological polar surface area (TPSA) is 32.8 Å². The van der Waals surface area contributed by atoms with Crippen molar-refractivity contribution in [1.82, 2.24) is 0 Å². The molecule has 1 aliphatic rings. The number of hydrogen-bond donors (Lipinski definition) is 0. The molecule has 0 amide bonds. The van der Waals surface area contributed by atoms with Gasteiger partial charge in [0, 0.05) is 55.5 Å². The minimum absolute atomic E-state index is 0.0445. The number of para-hydroxylation sites is 1. The highest BCUT2D eigenvalue weighted by atomic mass is 16.3.